The first-order valence-electron chi connectivity index (χ1n) is 5.50. The lowest BCUT2D eigenvalue weighted by atomic mass is 10.2. The number of methoxy groups -OCH3 is 1. The van der Waals surface area contributed by atoms with E-state index in [-0.39, 0.29) is 29.4 Å². The maximum Gasteiger partial charge on any atom is 0.252 e. The van der Waals surface area contributed by atoms with Crippen molar-refractivity contribution in [2.75, 3.05) is 20.3 Å². The van der Waals surface area contributed by atoms with Gasteiger partial charge in [0, 0.05) is 13.2 Å². The zero-order valence-electron chi connectivity index (χ0n) is 10.4. The van der Waals surface area contributed by atoms with E-state index in [0.29, 0.717) is 6.42 Å². The van der Waals surface area contributed by atoms with Crippen LogP contribution >= 0.6 is 0 Å². The summed E-state index contributed by atoms with van der Waals surface area (Å²) in [5.41, 5.74) is 5.15. The van der Waals surface area contributed by atoms with E-state index in [2.05, 4.69) is 4.72 Å². The lowest BCUT2D eigenvalue weighted by Crippen LogP contribution is -2.26. The number of carbonyl (C=O) groups is 1. The Morgan fingerprint density at radius 1 is 1.47 bits per heavy atom. The highest BCUT2D eigenvalue weighted by molar-refractivity contribution is 7.89. The van der Waals surface area contributed by atoms with E-state index in [9.17, 15) is 13.2 Å². The molecule has 106 valence electrons. The van der Waals surface area contributed by atoms with Crippen molar-refractivity contribution >= 4 is 15.9 Å². The molecule has 0 aliphatic heterocycles. The molecule has 1 aromatic carbocycles. The van der Waals surface area contributed by atoms with E-state index < -0.39 is 15.9 Å². The standard InChI is InChI=1S/C11H16N2O5S/c1-18-10-4-3-8(7-9(10)11(12)15)19(16,17)13-5-2-6-14/h3-4,7,13-14H,2,5-6H2,1H3,(H2,12,15). The number of sulfonamides is 1. The zero-order valence-corrected chi connectivity index (χ0v) is 11.2. The minimum absolute atomic E-state index is 0.00691. The molecule has 0 heterocycles. The fraction of sp³-hybridized carbons (Fsp3) is 0.364. The van der Waals surface area contributed by atoms with E-state index in [4.69, 9.17) is 15.6 Å². The van der Waals surface area contributed by atoms with Gasteiger partial charge in [-0.15, -0.1) is 0 Å². The van der Waals surface area contributed by atoms with Crippen LogP contribution in [-0.2, 0) is 10.0 Å². The number of hydrogen-bond donors (Lipinski definition) is 3. The van der Waals surface area contributed by atoms with E-state index >= 15 is 0 Å². The topological polar surface area (TPSA) is 119 Å². The molecule has 7 nitrogen and oxygen atoms in total. The first kappa shape index (κ1) is 15.4. The third-order valence-corrected chi connectivity index (χ3v) is 3.83. The second-order valence-corrected chi connectivity index (χ2v) is 5.47. The van der Waals surface area contributed by atoms with Gasteiger partial charge in [-0.25, -0.2) is 13.1 Å². The van der Waals surface area contributed by atoms with Gasteiger partial charge in [0.2, 0.25) is 10.0 Å². The molecule has 1 rings (SSSR count). The van der Waals surface area contributed by atoms with Crippen molar-refractivity contribution in [2.24, 2.45) is 5.73 Å². The van der Waals surface area contributed by atoms with Crippen LogP contribution in [0.2, 0.25) is 0 Å². The van der Waals surface area contributed by atoms with Crippen molar-refractivity contribution in [3.05, 3.63) is 23.8 Å². The average molecular weight is 288 g/mol. The summed E-state index contributed by atoms with van der Waals surface area (Å²) in [7, 11) is -2.38. The number of aliphatic hydroxyl groups excluding tert-OH is 1. The Balaban J connectivity index is 3.07. The Bertz CT molecular complexity index is 556. The molecule has 1 amide bonds. The largest absolute Gasteiger partial charge is 0.496 e. The van der Waals surface area contributed by atoms with Crippen LogP contribution in [0.1, 0.15) is 16.8 Å². The quantitative estimate of drug-likeness (QED) is 0.582. The average Bonchev–Trinajstić information content (AvgIpc) is 2.38. The van der Waals surface area contributed by atoms with Crippen LogP contribution in [0, 0.1) is 0 Å². The van der Waals surface area contributed by atoms with Crippen molar-refractivity contribution in [2.45, 2.75) is 11.3 Å². The second kappa shape index (κ2) is 6.50. The molecule has 0 aliphatic carbocycles. The molecule has 0 radical (unpaired) electrons. The molecule has 0 bridgehead atoms. The smallest absolute Gasteiger partial charge is 0.252 e. The number of benzene rings is 1. The van der Waals surface area contributed by atoms with Crippen LogP contribution in [0.5, 0.6) is 5.75 Å². The first-order valence-corrected chi connectivity index (χ1v) is 6.99. The van der Waals surface area contributed by atoms with Crippen molar-refractivity contribution < 1.29 is 23.1 Å². The van der Waals surface area contributed by atoms with Crippen LogP contribution in [0.4, 0.5) is 0 Å². The number of carbonyl (C=O) groups excluding carboxylic acids is 1. The van der Waals surface area contributed by atoms with Gasteiger partial charge in [-0.3, -0.25) is 4.79 Å². The van der Waals surface area contributed by atoms with Gasteiger partial charge >= 0.3 is 0 Å². The first-order chi connectivity index (χ1) is 8.92. The molecule has 0 saturated heterocycles. The van der Waals surface area contributed by atoms with Crippen LogP contribution < -0.4 is 15.2 Å². The SMILES string of the molecule is COc1ccc(S(=O)(=O)NCCCO)cc1C(N)=O. The number of rotatable bonds is 7. The maximum absolute atomic E-state index is 11.9. The van der Waals surface area contributed by atoms with Crippen molar-refractivity contribution in [1.29, 1.82) is 0 Å². The molecule has 0 fully saturated rings. The number of ether oxygens (including phenoxy) is 1. The van der Waals surface area contributed by atoms with Gasteiger partial charge in [0.05, 0.1) is 17.6 Å². The van der Waals surface area contributed by atoms with Crippen LogP contribution in [0.25, 0.3) is 0 Å². The van der Waals surface area contributed by atoms with E-state index in [1.807, 2.05) is 0 Å². The Labute approximate surface area is 111 Å². The van der Waals surface area contributed by atoms with Crippen molar-refractivity contribution in [3.63, 3.8) is 0 Å². The monoisotopic (exact) mass is 288 g/mol. The summed E-state index contributed by atoms with van der Waals surface area (Å²) in [6.45, 7) is -0.00552. The second-order valence-electron chi connectivity index (χ2n) is 3.70. The van der Waals surface area contributed by atoms with Gasteiger partial charge in [-0.2, -0.15) is 0 Å². The summed E-state index contributed by atoms with van der Waals surface area (Å²) >= 11 is 0. The number of nitrogens with two attached hydrogens (primary N) is 1. The fourth-order valence-electron chi connectivity index (χ4n) is 1.42. The summed E-state index contributed by atoms with van der Waals surface area (Å²) < 4.78 is 31.0. The van der Waals surface area contributed by atoms with Gasteiger partial charge in [0.15, 0.2) is 0 Å². The van der Waals surface area contributed by atoms with E-state index in [1.165, 1.54) is 19.2 Å². The lowest BCUT2D eigenvalue weighted by molar-refractivity contribution is 0.0997. The Morgan fingerprint density at radius 3 is 2.68 bits per heavy atom. The molecule has 8 heteroatoms. The van der Waals surface area contributed by atoms with Crippen molar-refractivity contribution in [3.8, 4) is 5.75 Å². The van der Waals surface area contributed by atoms with Gasteiger partial charge in [0.25, 0.3) is 5.91 Å². The highest BCUT2D eigenvalue weighted by Crippen LogP contribution is 2.21. The van der Waals surface area contributed by atoms with Crippen LogP contribution in [0.15, 0.2) is 23.1 Å². The molecule has 0 spiro atoms. The predicted octanol–water partition coefficient (Wildman–Crippen LogP) is -0.545. The summed E-state index contributed by atoms with van der Waals surface area (Å²) in [4.78, 5) is 11.1. The Morgan fingerprint density at radius 2 is 2.16 bits per heavy atom. The van der Waals surface area contributed by atoms with Gasteiger partial charge in [-0.05, 0) is 24.6 Å². The number of nitrogens with one attached hydrogen (secondary N) is 1. The molecule has 0 unspecified atom stereocenters. The normalized spacial score (nSPS) is 11.3. The zero-order chi connectivity index (χ0) is 14.5. The van der Waals surface area contributed by atoms with Gasteiger partial charge < -0.3 is 15.6 Å². The molecule has 19 heavy (non-hydrogen) atoms. The fourth-order valence-corrected chi connectivity index (χ4v) is 2.52. The molecular formula is C11H16N2O5S. The summed E-state index contributed by atoms with van der Waals surface area (Å²) in [5, 5.41) is 8.61. The third-order valence-electron chi connectivity index (χ3n) is 2.37. The van der Waals surface area contributed by atoms with Crippen LogP contribution in [-0.4, -0.2) is 39.7 Å². The molecule has 1 aromatic rings. The summed E-state index contributed by atoms with van der Waals surface area (Å²) in [6.07, 6.45) is 0.304. The number of aliphatic hydroxyl groups is 1. The highest BCUT2D eigenvalue weighted by Gasteiger charge is 2.18. The maximum atomic E-state index is 11.9. The summed E-state index contributed by atoms with van der Waals surface area (Å²) in [5.74, 6) is -0.564. The summed E-state index contributed by atoms with van der Waals surface area (Å²) in [6, 6.07) is 3.83. The highest BCUT2D eigenvalue weighted by atomic mass is 32.2. The lowest BCUT2D eigenvalue weighted by Gasteiger charge is -2.09. The molecule has 0 aliphatic rings. The van der Waals surface area contributed by atoms with E-state index in [1.54, 1.807) is 0 Å². The minimum atomic E-state index is -3.74. The molecule has 0 saturated carbocycles. The minimum Gasteiger partial charge on any atom is -0.496 e. The van der Waals surface area contributed by atoms with Gasteiger partial charge in [-0.1, -0.05) is 0 Å². The van der Waals surface area contributed by atoms with Crippen LogP contribution in [0.3, 0.4) is 0 Å². The van der Waals surface area contributed by atoms with E-state index in [0.717, 1.165) is 6.07 Å². The Hall–Kier alpha value is -1.64. The number of hydrogen-bond acceptors (Lipinski definition) is 5. The Kier molecular flexibility index (Phi) is 5.28. The molecule has 0 aromatic heterocycles. The molecule has 0 atom stereocenters. The number of primary amides is 1. The third kappa shape index (κ3) is 3.91. The number of amides is 1. The molecular weight excluding hydrogens is 272 g/mol. The van der Waals surface area contributed by atoms with Crippen molar-refractivity contribution in [1.82, 2.24) is 4.72 Å². The molecule has 4 N–H and O–H groups in total. The predicted molar refractivity (Wildman–Crippen MR) is 68.4 cm³/mol. The van der Waals surface area contributed by atoms with Gasteiger partial charge in [0.1, 0.15) is 5.75 Å².